The molecule has 0 unspecified atom stereocenters. The van der Waals surface area contributed by atoms with Gasteiger partial charge in [-0.05, 0) is 62.9 Å². The Bertz CT molecular complexity index is 1070. The number of amides is 1. The Balaban J connectivity index is 1.91. The molecule has 1 amide bonds. The van der Waals surface area contributed by atoms with Crippen molar-refractivity contribution >= 4 is 33.2 Å². The predicted octanol–water partition coefficient (Wildman–Crippen LogP) is 5.24. The van der Waals surface area contributed by atoms with E-state index >= 15 is 0 Å². The van der Waals surface area contributed by atoms with Crippen molar-refractivity contribution in [3.05, 3.63) is 52.0 Å². The smallest absolute Gasteiger partial charge is 0.244 e. The zero-order valence-corrected chi connectivity index (χ0v) is 20.6. The lowest BCUT2D eigenvalue weighted by molar-refractivity contribution is -0.116. The van der Waals surface area contributed by atoms with Crippen molar-refractivity contribution < 1.29 is 17.9 Å². The van der Waals surface area contributed by atoms with Gasteiger partial charge in [-0.2, -0.15) is 4.31 Å². The third-order valence-corrected chi connectivity index (χ3v) is 8.39. The molecule has 2 aromatic rings. The number of rotatable bonds is 7. The molecule has 6 nitrogen and oxygen atoms in total. The van der Waals surface area contributed by atoms with Crippen molar-refractivity contribution in [3.8, 4) is 5.75 Å². The van der Waals surface area contributed by atoms with Gasteiger partial charge < -0.3 is 10.1 Å². The molecule has 1 aliphatic carbocycles. The fourth-order valence-corrected chi connectivity index (χ4v) is 6.87. The molecule has 8 heteroatoms. The first-order valence-corrected chi connectivity index (χ1v) is 12.7. The number of carbonyl (C=O) groups excluding carboxylic acids is 1. The number of nitrogens with zero attached hydrogens (tertiary/aromatic N) is 1. The zero-order chi connectivity index (χ0) is 23.5. The van der Waals surface area contributed by atoms with Gasteiger partial charge in [-0.3, -0.25) is 4.79 Å². The van der Waals surface area contributed by atoms with Crippen molar-refractivity contribution in [1.82, 2.24) is 4.31 Å². The Morgan fingerprint density at radius 2 is 1.72 bits per heavy atom. The first-order valence-electron chi connectivity index (χ1n) is 10.9. The fourth-order valence-electron chi connectivity index (χ4n) is 4.56. The van der Waals surface area contributed by atoms with Gasteiger partial charge in [-0.25, -0.2) is 8.42 Å². The normalized spacial score (nSPS) is 15.1. The number of halogens is 1. The van der Waals surface area contributed by atoms with Gasteiger partial charge in [-0.1, -0.05) is 48.6 Å². The molecule has 0 saturated heterocycles. The number of benzene rings is 2. The lowest BCUT2D eigenvalue weighted by Crippen LogP contribution is -2.46. The van der Waals surface area contributed by atoms with Gasteiger partial charge in [0.15, 0.2) is 0 Å². The maximum Gasteiger partial charge on any atom is 0.244 e. The topological polar surface area (TPSA) is 75.7 Å². The van der Waals surface area contributed by atoms with Crippen LogP contribution >= 0.6 is 11.6 Å². The Morgan fingerprint density at radius 3 is 2.28 bits per heavy atom. The first kappa shape index (κ1) is 24.6. The standard InChI is InChI=1S/C24H31ClN2O4S/c1-16-12-17(2)24(18(3)13-16)32(29,30)27(20-8-6-5-7-9-20)15-23(28)26-19-10-11-22(31-4)21(25)14-19/h10-14,20H,5-9,15H2,1-4H3,(H,26,28). The van der Waals surface area contributed by atoms with Crippen LogP contribution in [0, 0.1) is 20.8 Å². The number of sulfonamides is 1. The molecular formula is C24H31ClN2O4S. The Morgan fingerprint density at radius 1 is 1.09 bits per heavy atom. The summed E-state index contributed by atoms with van der Waals surface area (Å²) in [5.74, 6) is 0.101. The molecule has 1 aliphatic rings. The van der Waals surface area contributed by atoms with Crippen molar-refractivity contribution in [2.24, 2.45) is 0 Å². The summed E-state index contributed by atoms with van der Waals surface area (Å²) in [6.07, 6.45) is 4.51. The molecule has 0 radical (unpaired) electrons. The minimum Gasteiger partial charge on any atom is -0.495 e. The molecule has 1 fully saturated rings. The minimum absolute atomic E-state index is 0.195. The van der Waals surface area contributed by atoms with Crippen molar-refractivity contribution in [2.45, 2.75) is 63.8 Å². The van der Waals surface area contributed by atoms with E-state index in [0.29, 0.717) is 32.5 Å². The van der Waals surface area contributed by atoms with Crippen LogP contribution in [0.3, 0.4) is 0 Å². The number of aryl methyl sites for hydroxylation is 3. The van der Waals surface area contributed by atoms with Crippen LogP contribution in [-0.2, 0) is 14.8 Å². The fraction of sp³-hybridized carbons (Fsp3) is 0.458. The Labute approximate surface area is 196 Å². The average Bonchev–Trinajstić information content (AvgIpc) is 2.71. The van der Waals surface area contributed by atoms with E-state index in [0.717, 1.165) is 37.7 Å². The highest BCUT2D eigenvalue weighted by atomic mass is 35.5. The molecule has 0 atom stereocenters. The van der Waals surface area contributed by atoms with Crippen LogP contribution in [-0.4, -0.2) is 38.3 Å². The van der Waals surface area contributed by atoms with Crippen LogP contribution in [0.15, 0.2) is 35.2 Å². The lowest BCUT2D eigenvalue weighted by atomic mass is 9.95. The van der Waals surface area contributed by atoms with E-state index in [9.17, 15) is 13.2 Å². The SMILES string of the molecule is COc1ccc(NC(=O)CN(C2CCCCC2)S(=O)(=O)c2c(C)cc(C)cc2C)cc1Cl. The summed E-state index contributed by atoms with van der Waals surface area (Å²) in [7, 11) is -2.34. The number of nitrogens with one attached hydrogen (secondary N) is 1. The largest absolute Gasteiger partial charge is 0.495 e. The second-order valence-corrected chi connectivity index (χ2v) is 10.7. The van der Waals surface area contributed by atoms with Gasteiger partial charge in [0.25, 0.3) is 0 Å². The summed E-state index contributed by atoms with van der Waals surface area (Å²) in [6.45, 7) is 5.32. The quantitative estimate of drug-likeness (QED) is 0.590. The maximum atomic E-state index is 13.8. The Hall–Kier alpha value is -2.09. The highest BCUT2D eigenvalue weighted by Crippen LogP contribution is 2.32. The van der Waals surface area contributed by atoms with E-state index < -0.39 is 15.9 Å². The van der Waals surface area contributed by atoms with Gasteiger partial charge in [0.1, 0.15) is 5.75 Å². The van der Waals surface area contributed by atoms with Crippen LogP contribution in [0.5, 0.6) is 5.75 Å². The Kier molecular flexibility index (Phi) is 7.85. The van der Waals surface area contributed by atoms with Gasteiger partial charge in [-0.15, -0.1) is 0 Å². The van der Waals surface area contributed by atoms with Gasteiger partial charge in [0, 0.05) is 11.7 Å². The van der Waals surface area contributed by atoms with Crippen LogP contribution < -0.4 is 10.1 Å². The lowest BCUT2D eigenvalue weighted by Gasteiger charge is -2.33. The van der Waals surface area contributed by atoms with E-state index in [2.05, 4.69) is 5.32 Å². The van der Waals surface area contributed by atoms with E-state index in [1.807, 2.05) is 32.9 Å². The van der Waals surface area contributed by atoms with E-state index in [1.54, 1.807) is 18.2 Å². The summed E-state index contributed by atoms with van der Waals surface area (Å²) in [6, 6.07) is 8.48. The summed E-state index contributed by atoms with van der Waals surface area (Å²) in [5.41, 5.74) is 2.90. The number of anilines is 1. The molecule has 0 heterocycles. The first-order chi connectivity index (χ1) is 15.1. The van der Waals surface area contributed by atoms with Crippen LogP contribution in [0.4, 0.5) is 5.69 Å². The number of hydrogen-bond donors (Lipinski definition) is 1. The molecule has 0 aliphatic heterocycles. The van der Waals surface area contributed by atoms with Gasteiger partial charge in [0.05, 0.1) is 23.6 Å². The molecular weight excluding hydrogens is 448 g/mol. The molecule has 0 aromatic heterocycles. The van der Waals surface area contributed by atoms with Crippen molar-refractivity contribution in [3.63, 3.8) is 0 Å². The van der Waals surface area contributed by atoms with Gasteiger partial charge >= 0.3 is 0 Å². The summed E-state index contributed by atoms with van der Waals surface area (Å²) in [4.78, 5) is 13.2. The molecule has 0 spiro atoms. The molecule has 3 rings (SSSR count). The van der Waals surface area contributed by atoms with E-state index in [4.69, 9.17) is 16.3 Å². The second kappa shape index (κ2) is 10.2. The second-order valence-electron chi connectivity index (χ2n) is 8.47. The number of carbonyl (C=O) groups is 1. The van der Waals surface area contributed by atoms with Crippen LogP contribution in [0.1, 0.15) is 48.8 Å². The van der Waals surface area contributed by atoms with Crippen LogP contribution in [0.25, 0.3) is 0 Å². The van der Waals surface area contributed by atoms with Crippen LogP contribution in [0.2, 0.25) is 5.02 Å². The monoisotopic (exact) mass is 478 g/mol. The summed E-state index contributed by atoms with van der Waals surface area (Å²) < 4.78 is 34.2. The van der Waals surface area contributed by atoms with E-state index in [-0.39, 0.29) is 12.6 Å². The number of ether oxygens (including phenoxy) is 1. The summed E-state index contributed by atoms with van der Waals surface area (Å²) >= 11 is 6.16. The third kappa shape index (κ3) is 5.45. The maximum absolute atomic E-state index is 13.8. The predicted molar refractivity (Wildman–Crippen MR) is 128 cm³/mol. The highest BCUT2D eigenvalue weighted by Gasteiger charge is 2.35. The van der Waals surface area contributed by atoms with Gasteiger partial charge in [0.2, 0.25) is 15.9 Å². The molecule has 1 N–H and O–H groups in total. The van der Waals surface area contributed by atoms with E-state index in [1.165, 1.54) is 11.4 Å². The highest BCUT2D eigenvalue weighted by molar-refractivity contribution is 7.89. The molecule has 2 aromatic carbocycles. The average molecular weight is 479 g/mol. The minimum atomic E-state index is -3.86. The number of hydrogen-bond acceptors (Lipinski definition) is 4. The molecule has 0 bridgehead atoms. The van der Waals surface area contributed by atoms with Crippen molar-refractivity contribution in [2.75, 3.05) is 19.0 Å². The number of methoxy groups -OCH3 is 1. The summed E-state index contributed by atoms with van der Waals surface area (Å²) in [5, 5.41) is 3.15. The van der Waals surface area contributed by atoms with Crippen molar-refractivity contribution in [1.29, 1.82) is 0 Å². The molecule has 1 saturated carbocycles. The zero-order valence-electron chi connectivity index (χ0n) is 19.1. The molecule has 174 valence electrons. The molecule has 32 heavy (non-hydrogen) atoms. The third-order valence-electron chi connectivity index (χ3n) is 5.89.